The van der Waals surface area contributed by atoms with Gasteiger partial charge < -0.3 is 18.9 Å². The maximum absolute atomic E-state index is 5.56. The van der Waals surface area contributed by atoms with Gasteiger partial charge in [0.05, 0.1) is 39.0 Å². The molecule has 1 aromatic carbocycles. The third-order valence-corrected chi connectivity index (χ3v) is 3.70. The van der Waals surface area contributed by atoms with Crippen LogP contribution in [0.15, 0.2) is 36.8 Å². The van der Waals surface area contributed by atoms with Gasteiger partial charge in [-0.1, -0.05) is 38.1 Å². The van der Waals surface area contributed by atoms with Crippen LogP contribution in [0.4, 0.5) is 0 Å². The van der Waals surface area contributed by atoms with Crippen molar-refractivity contribution < 1.29 is 18.9 Å². The van der Waals surface area contributed by atoms with Crippen LogP contribution in [0, 0.1) is 0 Å². The second-order valence-electron chi connectivity index (χ2n) is 6.15. The van der Waals surface area contributed by atoms with Crippen molar-refractivity contribution in [2.75, 3.05) is 39.6 Å². The van der Waals surface area contributed by atoms with Gasteiger partial charge >= 0.3 is 0 Å². The van der Waals surface area contributed by atoms with Gasteiger partial charge in [0.15, 0.2) is 0 Å². The third kappa shape index (κ3) is 9.64. The van der Waals surface area contributed by atoms with Crippen molar-refractivity contribution in [2.45, 2.75) is 40.5 Å². The van der Waals surface area contributed by atoms with Gasteiger partial charge in [-0.3, -0.25) is 0 Å². The molecule has 0 aliphatic carbocycles. The zero-order valence-corrected chi connectivity index (χ0v) is 16.8. The number of hydrogen-bond acceptors (Lipinski definition) is 4. The molecule has 146 valence electrons. The molecule has 0 aromatic heterocycles. The van der Waals surface area contributed by atoms with Crippen molar-refractivity contribution in [3.05, 3.63) is 47.9 Å². The van der Waals surface area contributed by atoms with E-state index in [-0.39, 0.29) is 0 Å². The molecule has 0 bridgehead atoms. The van der Waals surface area contributed by atoms with Crippen LogP contribution in [-0.4, -0.2) is 39.6 Å². The third-order valence-electron chi connectivity index (χ3n) is 3.70. The molecule has 0 amide bonds. The van der Waals surface area contributed by atoms with E-state index in [1.54, 1.807) is 6.26 Å². The molecule has 1 rings (SSSR count). The van der Waals surface area contributed by atoms with E-state index in [2.05, 4.69) is 45.0 Å². The smallest absolute Gasteiger partial charge is 0.111 e. The molecule has 4 heteroatoms. The highest BCUT2D eigenvalue weighted by Crippen LogP contribution is 2.19. The zero-order chi connectivity index (χ0) is 19.0. The molecule has 26 heavy (non-hydrogen) atoms. The van der Waals surface area contributed by atoms with Gasteiger partial charge in [0.2, 0.25) is 0 Å². The van der Waals surface area contributed by atoms with E-state index in [1.807, 2.05) is 13.2 Å². The van der Waals surface area contributed by atoms with E-state index in [0.29, 0.717) is 26.4 Å². The molecule has 4 nitrogen and oxygen atoms in total. The number of allylic oxidation sites excluding steroid dienone is 2. The van der Waals surface area contributed by atoms with Gasteiger partial charge in [-0.2, -0.15) is 0 Å². The summed E-state index contributed by atoms with van der Waals surface area (Å²) in [6.45, 7) is 12.2. The number of rotatable bonds is 14. The molecule has 0 saturated heterocycles. The lowest BCUT2D eigenvalue weighted by atomic mass is 10.0. The summed E-state index contributed by atoms with van der Waals surface area (Å²) in [5.74, 6) is 0. The first kappa shape index (κ1) is 22.3. The maximum atomic E-state index is 5.56. The lowest BCUT2D eigenvalue weighted by Crippen LogP contribution is -2.08. The minimum Gasteiger partial charge on any atom is -0.501 e. The van der Waals surface area contributed by atoms with Crippen LogP contribution in [0.5, 0.6) is 0 Å². The van der Waals surface area contributed by atoms with Gasteiger partial charge in [-0.05, 0) is 49.0 Å². The summed E-state index contributed by atoms with van der Waals surface area (Å²) in [7, 11) is 0. The average molecular weight is 363 g/mol. The quantitative estimate of drug-likeness (QED) is 0.333. The van der Waals surface area contributed by atoms with E-state index in [1.165, 1.54) is 0 Å². The fourth-order valence-corrected chi connectivity index (χ4v) is 2.19. The van der Waals surface area contributed by atoms with Crippen molar-refractivity contribution in [1.82, 2.24) is 0 Å². The van der Waals surface area contributed by atoms with E-state index >= 15 is 0 Å². The molecular weight excluding hydrogens is 328 g/mol. The molecule has 0 aliphatic heterocycles. The largest absolute Gasteiger partial charge is 0.501 e. The first-order valence-electron chi connectivity index (χ1n) is 9.52. The molecule has 0 unspecified atom stereocenters. The molecule has 0 atom stereocenters. The molecule has 0 fully saturated rings. The molecule has 1 aromatic rings. The predicted octanol–water partition coefficient (Wildman–Crippen LogP) is 5.29. The normalized spacial score (nSPS) is 12.3. The molecule has 0 aliphatic rings. The van der Waals surface area contributed by atoms with Crippen LogP contribution in [0.3, 0.4) is 0 Å². The molecule has 0 spiro atoms. The summed E-state index contributed by atoms with van der Waals surface area (Å²) in [4.78, 5) is 0. The van der Waals surface area contributed by atoms with E-state index in [4.69, 9.17) is 18.9 Å². The SMILES string of the molecule is CCCO/C=C(\C)c1ccc(/C(C)=C/OCCOCCOCCC)cc1. The summed E-state index contributed by atoms with van der Waals surface area (Å²) in [5, 5.41) is 0. The summed E-state index contributed by atoms with van der Waals surface area (Å²) >= 11 is 0. The minimum atomic E-state index is 0.541. The standard InChI is InChI=1S/C22H34O4/c1-5-11-23-13-14-24-15-16-26-18-20(4)22-9-7-21(8-10-22)19(3)17-25-12-6-2/h7-10,17-18H,5-6,11-16H2,1-4H3/b19-17+,20-18+. The van der Waals surface area contributed by atoms with Crippen LogP contribution in [0.25, 0.3) is 11.1 Å². The Morgan fingerprint density at radius 2 is 1.08 bits per heavy atom. The van der Waals surface area contributed by atoms with Crippen molar-refractivity contribution in [2.24, 2.45) is 0 Å². The first-order chi connectivity index (χ1) is 12.7. The van der Waals surface area contributed by atoms with E-state index in [9.17, 15) is 0 Å². The second kappa shape index (κ2) is 14.4. The molecule has 0 radical (unpaired) electrons. The predicted molar refractivity (Wildman–Crippen MR) is 108 cm³/mol. The Morgan fingerprint density at radius 1 is 0.654 bits per heavy atom. The fourth-order valence-electron chi connectivity index (χ4n) is 2.19. The fraction of sp³-hybridized carbons (Fsp3) is 0.545. The molecular formula is C22H34O4. The topological polar surface area (TPSA) is 36.9 Å². The highest BCUT2D eigenvalue weighted by atomic mass is 16.5. The van der Waals surface area contributed by atoms with Gasteiger partial charge in [0.25, 0.3) is 0 Å². The molecule has 0 saturated carbocycles. The van der Waals surface area contributed by atoms with Crippen LogP contribution in [-0.2, 0) is 18.9 Å². The second-order valence-corrected chi connectivity index (χ2v) is 6.15. The lowest BCUT2D eigenvalue weighted by Gasteiger charge is -2.07. The Kier molecular flexibility index (Phi) is 12.3. The Hall–Kier alpha value is -1.78. The van der Waals surface area contributed by atoms with Crippen molar-refractivity contribution in [3.8, 4) is 0 Å². The minimum absolute atomic E-state index is 0.541. The number of ether oxygens (including phenoxy) is 4. The summed E-state index contributed by atoms with van der Waals surface area (Å²) in [6.07, 6.45) is 5.68. The highest BCUT2D eigenvalue weighted by Gasteiger charge is 2.00. The van der Waals surface area contributed by atoms with Crippen LogP contribution < -0.4 is 0 Å². The monoisotopic (exact) mass is 362 g/mol. The Balaban J connectivity index is 2.32. The lowest BCUT2D eigenvalue weighted by molar-refractivity contribution is 0.0309. The first-order valence-corrected chi connectivity index (χ1v) is 9.52. The number of benzene rings is 1. The van der Waals surface area contributed by atoms with E-state index in [0.717, 1.165) is 48.3 Å². The van der Waals surface area contributed by atoms with Crippen molar-refractivity contribution >= 4 is 11.1 Å². The van der Waals surface area contributed by atoms with Gasteiger partial charge in [-0.15, -0.1) is 0 Å². The zero-order valence-electron chi connectivity index (χ0n) is 16.8. The van der Waals surface area contributed by atoms with Gasteiger partial charge in [0, 0.05) is 6.61 Å². The summed E-state index contributed by atoms with van der Waals surface area (Å²) in [6, 6.07) is 8.41. The molecule has 0 N–H and O–H groups in total. The van der Waals surface area contributed by atoms with E-state index < -0.39 is 0 Å². The Bertz CT molecular complexity index is 532. The highest BCUT2D eigenvalue weighted by molar-refractivity contribution is 5.68. The average Bonchev–Trinajstić information content (AvgIpc) is 2.66. The van der Waals surface area contributed by atoms with Gasteiger partial charge in [-0.25, -0.2) is 0 Å². The van der Waals surface area contributed by atoms with Crippen LogP contribution in [0.2, 0.25) is 0 Å². The summed E-state index contributed by atoms with van der Waals surface area (Å²) < 4.78 is 21.8. The van der Waals surface area contributed by atoms with Crippen LogP contribution >= 0.6 is 0 Å². The van der Waals surface area contributed by atoms with Gasteiger partial charge in [0.1, 0.15) is 6.61 Å². The maximum Gasteiger partial charge on any atom is 0.111 e. The van der Waals surface area contributed by atoms with Crippen LogP contribution in [0.1, 0.15) is 51.7 Å². The Morgan fingerprint density at radius 3 is 1.58 bits per heavy atom. The summed E-state index contributed by atoms with van der Waals surface area (Å²) in [5.41, 5.74) is 4.52. The Labute approximate surface area is 158 Å². The molecule has 0 heterocycles. The van der Waals surface area contributed by atoms with Crippen molar-refractivity contribution in [3.63, 3.8) is 0 Å². The van der Waals surface area contributed by atoms with Crippen molar-refractivity contribution in [1.29, 1.82) is 0 Å². The number of hydrogen-bond donors (Lipinski definition) is 0.